The molecule has 0 aromatic heterocycles. The number of hydrogen-bond acceptors (Lipinski definition) is 6. The number of halogens is 1. The zero-order valence-corrected chi connectivity index (χ0v) is 23.6. The molecular weight excluding hydrogens is 580 g/mol. The molecule has 0 bridgehead atoms. The highest BCUT2D eigenvalue weighted by Crippen LogP contribution is 2.35. The lowest BCUT2D eigenvalue weighted by Gasteiger charge is -2.13. The number of imide groups is 1. The van der Waals surface area contributed by atoms with Gasteiger partial charge in [0.05, 0.1) is 7.11 Å². The van der Waals surface area contributed by atoms with Gasteiger partial charge in [-0.1, -0.05) is 45.8 Å². The van der Waals surface area contributed by atoms with Gasteiger partial charge < -0.3 is 25.4 Å². The van der Waals surface area contributed by atoms with Crippen molar-refractivity contribution in [2.24, 2.45) is 0 Å². The predicted molar refractivity (Wildman–Crippen MR) is 154 cm³/mol. The lowest BCUT2D eigenvalue weighted by molar-refractivity contribution is -0.127. The molecule has 40 heavy (non-hydrogen) atoms. The topological polar surface area (TPSA) is 126 Å². The first kappa shape index (κ1) is 28.4. The van der Waals surface area contributed by atoms with E-state index in [0.717, 1.165) is 16.0 Å². The van der Waals surface area contributed by atoms with Crippen molar-refractivity contribution in [3.05, 3.63) is 87.5 Å². The average Bonchev–Trinajstić information content (AvgIpc) is 3.17. The van der Waals surface area contributed by atoms with E-state index in [1.807, 2.05) is 32.0 Å². The third-order valence-corrected chi connectivity index (χ3v) is 6.53. The lowest BCUT2D eigenvalue weighted by Crippen LogP contribution is -2.38. The minimum Gasteiger partial charge on any atom is -0.493 e. The Morgan fingerprint density at radius 3 is 2.35 bits per heavy atom. The normalized spacial score (nSPS) is 13.7. The minimum absolute atomic E-state index is 0.0118. The highest BCUT2D eigenvalue weighted by Gasteiger charge is 2.35. The summed E-state index contributed by atoms with van der Waals surface area (Å²) >= 11 is 3.44. The Hall–Kier alpha value is -4.64. The molecule has 206 valence electrons. The molecule has 1 heterocycles. The summed E-state index contributed by atoms with van der Waals surface area (Å²) in [5.41, 5.74) is 3.75. The molecule has 0 radical (unpaired) electrons. The zero-order chi connectivity index (χ0) is 28.8. The molecule has 0 saturated carbocycles. The number of carbonyl (C=O) groups is 4. The number of nitrogens with zero attached hydrogens (tertiary/aromatic N) is 1. The van der Waals surface area contributed by atoms with Crippen molar-refractivity contribution < 1.29 is 28.7 Å². The largest absolute Gasteiger partial charge is 0.493 e. The fourth-order valence-corrected chi connectivity index (χ4v) is 4.29. The van der Waals surface area contributed by atoms with Gasteiger partial charge >= 0.3 is 6.03 Å². The van der Waals surface area contributed by atoms with Crippen LogP contribution in [0, 0.1) is 13.8 Å². The molecule has 3 aromatic rings. The Morgan fingerprint density at radius 2 is 1.65 bits per heavy atom. The Balaban J connectivity index is 1.42. The van der Waals surface area contributed by atoms with Crippen molar-refractivity contribution in [2.45, 2.75) is 13.8 Å². The molecule has 3 aromatic carbocycles. The van der Waals surface area contributed by atoms with E-state index in [2.05, 4.69) is 31.9 Å². The summed E-state index contributed by atoms with van der Waals surface area (Å²) in [5, 5.41) is 7.94. The van der Waals surface area contributed by atoms with E-state index in [4.69, 9.17) is 9.47 Å². The zero-order valence-electron chi connectivity index (χ0n) is 22.0. The molecule has 0 aliphatic carbocycles. The minimum atomic E-state index is -0.710. The molecule has 10 nitrogen and oxygen atoms in total. The third kappa shape index (κ3) is 7.06. The number of benzene rings is 3. The van der Waals surface area contributed by atoms with E-state index in [1.54, 1.807) is 42.5 Å². The van der Waals surface area contributed by atoms with Crippen LogP contribution in [0.3, 0.4) is 0 Å². The SMILES string of the molecule is COc1cc(/C=C2/NC(=O)N(CC(=O)Nc3cccc(C)c3)C2=O)c(Br)cc1OCC(=O)Nc1ccc(C)cc1. The quantitative estimate of drug-likeness (QED) is 0.241. The van der Waals surface area contributed by atoms with Crippen molar-refractivity contribution in [2.75, 3.05) is 30.9 Å². The van der Waals surface area contributed by atoms with Gasteiger partial charge in [0.1, 0.15) is 12.2 Å². The summed E-state index contributed by atoms with van der Waals surface area (Å²) in [5.74, 6) is -0.898. The summed E-state index contributed by atoms with van der Waals surface area (Å²) in [6.45, 7) is 3.14. The second-order valence-corrected chi connectivity index (χ2v) is 9.88. The van der Waals surface area contributed by atoms with Crippen LogP contribution in [0.15, 0.2) is 70.8 Å². The van der Waals surface area contributed by atoms with E-state index in [1.165, 1.54) is 13.2 Å². The van der Waals surface area contributed by atoms with Gasteiger partial charge in [0, 0.05) is 15.8 Å². The predicted octanol–water partition coefficient (Wildman–Crippen LogP) is 4.62. The van der Waals surface area contributed by atoms with Crippen molar-refractivity contribution in [1.29, 1.82) is 0 Å². The van der Waals surface area contributed by atoms with Crippen LogP contribution in [0.4, 0.5) is 16.2 Å². The Bertz CT molecular complexity index is 1500. The van der Waals surface area contributed by atoms with Crippen LogP contribution in [0.1, 0.15) is 16.7 Å². The van der Waals surface area contributed by atoms with Crippen molar-refractivity contribution in [3.8, 4) is 11.5 Å². The maximum Gasteiger partial charge on any atom is 0.329 e. The van der Waals surface area contributed by atoms with Crippen molar-refractivity contribution in [1.82, 2.24) is 10.2 Å². The molecule has 0 spiro atoms. The monoisotopic (exact) mass is 606 g/mol. The van der Waals surface area contributed by atoms with Crippen LogP contribution in [0.5, 0.6) is 11.5 Å². The fraction of sp³-hybridized carbons (Fsp3) is 0.172. The molecule has 4 rings (SSSR count). The molecule has 1 fully saturated rings. The number of hydrogen-bond donors (Lipinski definition) is 3. The van der Waals surface area contributed by atoms with Gasteiger partial charge in [-0.15, -0.1) is 0 Å². The fourth-order valence-electron chi connectivity index (χ4n) is 3.85. The number of carbonyl (C=O) groups excluding carboxylic acids is 4. The van der Waals surface area contributed by atoms with Crippen LogP contribution in [-0.4, -0.2) is 48.9 Å². The standard InChI is InChI=1S/C29H27BrN4O6/c1-17-7-9-20(10-8-17)31-27(36)16-40-25-14-22(30)19(13-24(25)39-3)12-23-28(37)34(29(38)33-23)15-26(35)32-21-6-4-5-18(2)11-21/h4-14H,15-16H2,1-3H3,(H,31,36)(H,32,35)(H,33,38)/b23-12+. The van der Waals surface area contributed by atoms with Gasteiger partial charge in [-0.05, 0) is 67.4 Å². The Morgan fingerprint density at radius 1 is 0.925 bits per heavy atom. The van der Waals surface area contributed by atoms with Crippen molar-refractivity contribution >= 4 is 57.1 Å². The Kier molecular flexibility index (Phi) is 8.85. The molecule has 11 heteroatoms. The van der Waals surface area contributed by atoms with E-state index in [-0.39, 0.29) is 18.2 Å². The van der Waals surface area contributed by atoms with E-state index in [0.29, 0.717) is 32.9 Å². The molecule has 3 N–H and O–H groups in total. The number of nitrogens with one attached hydrogen (secondary N) is 3. The first-order chi connectivity index (χ1) is 19.1. The molecule has 0 atom stereocenters. The molecule has 5 amide bonds. The summed E-state index contributed by atoms with van der Waals surface area (Å²) in [4.78, 5) is 51.0. The summed E-state index contributed by atoms with van der Waals surface area (Å²) in [6.07, 6.45) is 1.46. The first-order valence-electron chi connectivity index (χ1n) is 12.2. The van der Waals surface area contributed by atoms with E-state index in [9.17, 15) is 19.2 Å². The molecule has 1 aliphatic rings. The number of methoxy groups -OCH3 is 1. The smallest absolute Gasteiger partial charge is 0.329 e. The Labute approximate surface area is 239 Å². The number of urea groups is 1. The van der Waals surface area contributed by atoms with Crippen LogP contribution >= 0.6 is 15.9 Å². The number of ether oxygens (including phenoxy) is 2. The molecular formula is C29H27BrN4O6. The molecule has 0 unspecified atom stereocenters. The molecule has 1 saturated heterocycles. The third-order valence-electron chi connectivity index (χ3n) is 5.84. The second kappa shape index (κ2) is 12.5. The summed E-state index contributed by atoms with van der Waals surface area (Å²) in [6, 6.07) is 17.0. The number of aryl methyl sites for hydroxylation is 2. The van der Waals surface area contributed by atoms with Gasteiger partial charge in [0.25, 0.3) is 11.8 Å². The maximum absolute atomic E-state index is 12.9. The van der Waals surface area contributed by atoms with Crippen LogP contribution in [-0.2, 0) is 14.4 Å². The highest BCUT2D eigenvalue weighted by atomic mass is 79.9. The summed E-state index contributed by atoms with van der Waals surface area (Å²) < 4.78 is 11.6. The number of rotatable bonds is 9. The van der Waals surface area contributed by atoms with Crippen molar-refractivity contribution in [3.63, 3.8) is 0 Å². The van der Waals surface area contributed by atoms with Gasteiger partial charge in [-0.3, -0.25) is 14.4 Å². The average molecular weight is 607 g/mol. The van der Waals surface area contributed by atoms with Gasteiger partial charge in [-0.25, -0.2) is 9.69 Å². The highest BCUT2D eigenvalue weighted by molar-refractivity contribution is 9.10. The van der Waals surface area contributed by atoms with Gasteiger partial charge in [-0.2, -0.15) is 0 Å². The molecule has 1 aliphatic heterocycles. The van der Waals surface area contributed by atoms with Crippen LogP contribution in [0.2, 0.25) is 0 Å². The lowest BCUT2D eigenvalue weighted by atomic mass is 10.1. The van der Waals surface area contributed by atoms with Gasteiger partial charge in [0.2, 0.25) is 5.91 Å². The maximum atomic E-state index is 12.9. The van der Waals surface area contributed by atoms with Crippen LogP contribution in [0.25, 0.3) is 6.08 Å². The van der Waals surface area contributed by atoms with Crippen LogP contribution < -0.4 is 25.4 Å². The van der Waals surface area contributed by atoms with E-state index >= 15 is 0 Å². The first-order valence-corrected chi connectivity index (χ1v) is 13.0. The van der Waals surface area contributed by atoms with Gasteiger partial charge in [0.15, 0.2) is 18.1 Å². The number of amides is 5. The number of anilines is 2. The second-order valence-electron chi connectivity index (χ2n) is 9.02. The summed E-state index contributed by atoms with van der Waals surface area (Å²) in [7, 11) is 1.44. The van der Waals surface area contributed by atoms with E-state index < -0.39 is 24.4 Å².